The Morgan fingerprint density at radius 2 is 1.94 bits per heavy atom. The third-order valence-electron chi connectivity index (χ3n) is 2.50. The van der Waals surface area contributed by atoms with Crippen molar-refractivity contribution in [2.45, 2.75) is 6.04 Å². The molecule has 0 aliphatic rings. The van der Waals surface area contributed by atoms with Crippen molar-refractivity contribution in [3.05, 3.63) is 51.7 Å². The van der Waals surface area contributed by atoms with Crippen molar-refractivity contribution < 1.29 is 13.5 Å². The third kappa shape index (κ3) is 2.30. The number of methoxy groups -OCH3 is 1. The minimum absolute atomic E-state index is 0.135. The van der Waals surface area contributed by atoms with Crippen LogP contribution in [-0.4, -0.2) is 7.11 Å². The number of hydrogen-bond donors (Lipinski definition) is 1. The van der Waals surface area contributed by atoms with E-state index in [2.05, 4.69) is 0 Å². The Hall–Kier alpha value is -1.46. The molecule has 0 amide bonds. The monoisotopic (exact) mass is 255 g/mol. The minimum Gasteiger partial charge on any atom is -0.497 e. The number of rotatable bonds is 3. The van der Waals surface area contributed by atoms with Crippen molar-refractivity contribution in [3.63, 3.8) is 0 Å². The van der Waals surface area contributed by atoms with Crippen LogP contribution in [0.4, 0.5) is 8.78 Å². The zero-order chi connectivity index (χ0) is 12.4. The number of benzene rings is 1. The van der Waals surface area contributed by atoms with Gasteiger partial charge >= 0.3 is 0 Å². The first-order valence-corrected chi connectivity index (χ1v) is 5.88. The Kier molecular flexibility index (Phi) is 3.40. The number of hydrogen-bond acceptors (Lipinski definition) is 3. The minimum atomic E-state index is -0.799. The van der Waals surface area contributed by atoms with Gasteiger partial charge in [-0.05, 0) is 22.4 Å². The highest BCUT2D eigenvalue weighted by Crippen LogP contribution is 2.29. The topological polar surface area (TPSA) is 35.2 Å². The Morgan fingerprint density at radius 1 is 1.29 bits per heavy atom. The van der Waals surface area contributed by atoms with E-state index >= 15 is 0 Å². The Bertz CT molecular complexity index is 490. The quantitative estimate of drug-likeness (QED) is 0.914. The fourth-order valence-corrected chi connectivity index (χ4v) is 2.29. The van der Waals surface area contributed by atoms with Crippen LogP contribution >= 0.6 is 11.3 Å². The van der Waals surface area contributed by atoms with Gasteiger partial charge in [-0.3, -0.25) is 0 Å². The maximum atomic E-state index is 13.7. The SMILES string of the molecule is COc1cc(F)c([C@H](N)c2ccsc2)c(F)c1. The lowest BCUT2D eigenvalue weighted by Gasteiger charge is -2.13. The van der Waals surface area contributed by atoms with Crippen LogP contribution in [-0.2, 0) is 0 Å². The van der Waals surface area contributed by atoms with E-state index in [9.17, 15) is 8.78 Å². The summed E-state index contributed by atoms with van der Waals surface area (Å²) < 4.78 is 32.3. The molecule has 5 heteroatoms. The molecule has 0 radical (unpaired) electrons. The highest BCUT2D eigenvalue weighted by Gasteiger charge is 2.20. The summed E-state index contributed by atoms with van der Waals surface area (Å²) in [5, 5.41) is 3.59. The van der Waals surface area contributed by atoms with Crippen molar-refractivity contribution in [2.24, 2.45) is 5.73 Å². The lowest BCUT2D eigenvalue weighted by atomic mass is 10.0. The highest BCUT2D eigenvalue weighted by molar-refractivity contribution is 7.08. The summed E-state index contributed by atoms with van der Waals surface area (Å²) in [5.74, 6) is -1.25. The van der Waals surface area contributed by atoms with Gasteiger partial charge in [0.1, 0.15) is 17.4 Å². The van der Waals surface area contributed by atoms with Crippen molar-refractivity contribution in [3.8, 4) is 5.75 Å². The molecule has 0 aliphatic carbocycles. The summed E-state index contributed by atoms with van der Waals surface area (Å²) in [5.41, 5.74) is 6.40. The third-order valence-corrected chi connectivity index (χ3v) is 3.20. The molecule has 0 bridgehead atoms. The summed E-state index contributed by atoms with van der Waals surface area (Å²) in [4.78, 5) is 0. The second-order valence-corrected chi connectivity index (χ2v) is 4.32. The van der Waals surface area contributed by atoms with E-state index in [-0.39, 0.29) is 11.3 Å². The zero-order valence-corrected chi connectivity index (χ0v) is 9.93. The fraction of sp³-hybridized carbons (Fsp3) is 0.167. The van der Waals surface area contributed by atoms with Crippen LogP contribution in [0.25, 0.3) is 0 Å². The molecule has 90 valence electrons. The largest absolute Gasteiger partial charge is 0.497 e. The lowest BCUT2D eigenvalue weighted by Crippen LogP contribution is -2.15. The average Bonchev–Trinajstić information content (AvgIpc) is 2.81. The molecule has 0 aliphatic heterocycles. The summed E-state index contributed by atoms with van der Waals surface area (Å²) in [6.07, 6.45) is 0. The van der Waals surface area contributed by atoms with Crippen LogP contribution in [0.5, 0.6) is 5.75 Å². The molecule has 0 spiro atoms. The standard InChI is InChI=1S/C12H11F2NOS/c1-16-8-4-9(13)11(10(14)5-8)12(15)7-2-3-17-6-7/h2-6,12H,15H2,1H3/t12-/m1/s1. The van der Waals surface area contributed by atoms with Gasteiger partial charge in [0.15, 0.2) is 0 Å². The van der Waals surface area contributed by atoms with Gasteiger partial charge in [-0.2, -0.15) is 11.3 Å². The zero-order valence-electron chi connectivity index (χ0n) is 9.11. The Morgan fingerprint density at radius 3 is 2.41 bits per heavy atom. The van der Waals surface area contributed by atoms with Crippen LogP contribution in [0.1, 0.15) is 17.2 Å². The molecule has 1 aromatic heterocycles. The lowest BCUT2D eigenvalue weighted by molar-refractivity contribution is 0.404. The molecule has 2 nitrogen and oxygen atoms in total. The van der Waals surface area contributed by atoms with Crippen molar-refractivity contribution >= 4 is 11.3 Å². The average molecular weight is 255 g/mol. The second-order valence-electron chi connectivity index (χ2n) is 3.54. The molecule has 1 heterocycles. The molecule has 0 saturated carbocycles. The van der Waals surface area contributed by atoms with E-state index in [1.165, 1.54) is 18.4 Å². The van der Waals surface area contributed by atoms with Gasteiger partial charge in [-0.25, -0.2) is 8.78 Å². The number of thiophene rings is 1. The van der Waals surface area contributed by atoms with Crippen molar-refractivity contribution in [1.82, 2.24) is 0 Å². The first-order chi connectivity index (χ1) is 8.13. The molecule has 2 N–H and O–H groups in total. The van der Waals surface area contributed by atoms with Gasteiger partial charge in [-0.15, -0.1) is 0 Å². The molecule has 2 rings (SSSR count). The van der Waals surface area contributed by atoms with Gasteiger partial charge in [0.25, 0.3) is 0 Å². The van der Waals surface area contributed by atoms with E-state index in [4.69, 9.17) is 10.5 Å². The van der Waals surface area contributed by atoms with Crippen LogP contribution in [0.2, 0.25) is 0 Å². The number of halogens is 2. The fourth-order valence-electron chi connectivity index (χ4n) is 1.59. The number of ether oxygens (including phenoxy) is 1. The molecule has 1 atom stereocenters. The molecule has 1 aromatic carbocycles. The van der Waals surface area contributed by atoms with E-state index < -0.39 is 17.7 Å². The van der Waals surface area contributed by atoms with Gasteiger partial charge < -0.3 is 10.5 Å². The molecule has 17 heavy (non-hydrogen) atoms. The molecule has 0 saturated heterocycles. The predicted octanol–water partition coefficient (Wildman–Crippen LogP) is 3.08. The Balaban J connectivity index is 2.45. The van der Waals surface area contributed by atoms with Crippen LogP contribution in [0, 0.1) is 11.6 Å². The summed E-state index contributed by atoms with van der Waals surface area (Å²) in [7, 11) is 1.35. The van der Waals surface area contributed by atoms with Gasteiger partial charge in [0.2, 0.25) is 0 Å². The van der Waals surface area contributed by atoms with Crippen molar-refractivity contribution in [1.29, 1.82) is 0 Å². The highest BCUT2D eigenvalue weighted by atomic mass is 32.1. The Labute approximate surface area is 102 Å². The maximum absolute atomic E-state index is 13.7. The molecular weight excluding hydrogens is 244 g/mol. The first kappa shape index (κ1) is 12.0. The van der Waals surface area contributed by atoms with Gasteiger partial charge in [0, 0.05) is 17.7 Å². The van der Waals surface area contributed by atoms with Gasteiger partial charge in [0.05, 0.1) is 13.2 Å². The van der Waals surface area contributed by atoms with E-state index in [1.54, 1.807) is 11.4 Å². The van der Waals surface area contributed by atoms with Crippen LogP contribution in [0.3, 0.4) is 0 Å². The summed E-state index contributed by atoms with van der Waals surface area (Å²) in [6, 6.07) is 3.21. The van der Waals surface area contributed by atoms with E-state index in [0.717, 1.165) is 12.1 Å². The first-order valence-electron chi connectivity index (χ1n) is 4.94. The molecule has 0 fully saturated rings. The summed E-state index contributed by atoms with van der Waals surface area (Å²) in [6.45, 7) is 0. The number of nitrogens with two attached hydrogens (primary N) is 1. The van der Waals surface area contributed by atoms with Gasteiger partial charge in [-0.1, -0.05) is 0 Å². The predicted molar refractivity (Wildman–Crippen MR) is 63.3 cm³/mol. The maximum Gasteiger partial charge on any atom is 0.134 e. The van der Waals surface area contributed by atoms with E-state index in [1.807, 2.05) is 5.38 Å². The smallest absolute Gasteiger partial charge is 0.134 e. The van der Waals surface area contributed by atoms with Crippen LogP contribution < -0.4 is 10.5 Å². The second kappa shape index (κ2) is 4.81. The van der Waals surface area contributed by atoms with Crippen LogP contribution in [0.15, 0.2) is 29.0 Å². The normalized spacial score (nSPS) is 12.5. The summed E-state index contributed by atoms with van der Waals surface area (Å²) >= 11 is 1.43. The molecule has 0 unspecified atom stereocenters. The van der Waals surface area contributed by atoms with Crippen molar-refractivity contribution in [2.75, 3.05) is 7.11 Å². The van der Waals surface area contributed by atoms with E-state index in [0.29, 0.717) is 5.56 Å². The molecular formula is C12H11F2NOS. The molecule has 2 aromatic rings.